The predicted molar refractivity (Wildman–Crippen MR) is 87.7 cm³/mol. The quantitative estimate of drug-likeness (QED) is 0.614. The Labute approximate surface area is 130 Å². The molecule has 20 heavy (non-hydrogen) atoms. The molecule has 0 saturated carbocycles. The van der Waals surface area contributed by atoms with Crippen LogP contribution in [-0.4, -0.2) is 10.4 Å². The highest BCUT2D eigenvalue weighted by Crippen LogP contribution is 2.26. The van der Waals surface area contributed by atoms with Gasteiger partial charge in [0.2, 0.25) is 0 Å². The van der Waals surface area contributed by atoms with Gasteiger partial charge < -0.3 is 4.57 Å². The largest absolute Gasteiger partial charge is 0.338 e. The maximum Gasteiger partial charge on any atom is 0.192 e. The van der Waals surface area contributed by atoms with Crippen molar-refractivity contribution < 1.29 is 4.79 Å². The molecule has 0 aliphatic carbocycles. The van der Waals surface area contributed by atoms with E-state index in [-0.39, 0.29) is 5.78 Å². The average molecular weight is 348 g/mol. The van der Waals surface area contributed by atoms with Gasteiger partial charge in [0.15, 0.2) is 5.78 Å². The number of benzene rings is 1. The Hall–Kier alpha value is -1.39. The number of rotatable bonds is 4. The van der Waals surface area contributed by atoms with E-state index in [1.807, 2.05) is 41.1 Å². The summed E-state index contributed by atoms with van der Waals surface area (Å²) in [6.07, 6.45) is 2.97. The molecule has 0 saturated heterocycles. The van der Waals surface area contributed by atoms with Gasteiger partial charge in [0.1, 0.15) is 0 Å². The fourth-order valence-electron chi connectivity index (χ4n) is 2.28. The Balaban J connectivity index is 1.91. The number of carbonyl (C=O) groups excluding carboxylic acids is 1. The van der Waals surface area contributed by atoms with Gasteiger partial charge >= 0.3 is 0 Å². The van der Waals surface area contributed by atoms with Crippen LogP contribution < -0.4 is 0 Å². The summed E-state index contributed by atoms with van der Waals surface area (Å²) in [6, 6.07) is 12.1. The van der Waals surface area contributed by atoms with Gasteiger partial charge in [-0.3, -0.25) is 4.79 Å². The number of aromatic nitrogens is 1. The van der Waals surface area contributed by atoms with E-state index < -0.39 is 0 Å². The molecule has 3 aromatic rings. The molecule has 0 unspecified atom stereocenters. The number of aryl methyl sites for hydroxylation is 1. The van der Waals surface area contributed by atoms with Crippen LogP contribution in [0.5, 0.6) is 0 Å². The van der Waals surface area contributed by atoms with Crippen molar-refractivity contribution in [1.82, 2.24) is 4.57 Å². The number of carbonyl (C=O) groups is 1. The van der Waals surface area contributed by atoms with Gasteiger partial charge in [-0.15, -0.1) is 11.3 Å². The maximum atomic E-state index is 12.4. The number of thiophene rings is 1. The fourth-order valence-corrected chi connectivity index (χ4v) is 3.74. The van der Waals surface area contributed by atoms with Crippen LogP contribution in [0.25, 0.3) is 10.9 Å². The summed E-state index contributed by atoms with van der Waals surface area (Å²) in [5, 5.41) is 1.14. The Morgan fingerprint density at radius 2 is 2.05 bits per heavy atom. The van der Waals surface area contributed by atoms with Crippen LogP contribution in [0.2, 0.25) is 0 Å². The maximum absolute atomic E-state index is 12.4. The van der Waals surface area contributed by atoms with Crippen LogP contribution in [0.1, 0.15) is 21.5 Å². The molecule has 0 bridgehead atoms. The van der Waals surface area contributed by atoms with Crippen molar-refractivity contribution in [3.63, 3.8) is 0 Å². The first kappa shape index (κ1) is 13.6. The monoisotopic (exact) mass is 347 g/mol. The molecule has 0 N–H and O–H groups in total. The van der Waals surface area contributed by atoms with Crippen LogP contribution in [0.15, 0.2) is 47.1 Å². The van der Waals surface area contributed by atoms with Gasteiger partial charge in [0, 0.05) is 26.4 Å². The molecule has 0 spiro atoms. The van der Waals surface area contributed by atoms with Gasteiger partial charge in [-0.25, -0.2) is 0 Å². The molecule has 102 valence electrons. The number of hydrogen-bond donors (Lipinski definition) is 0. The van der Waals surface area contributed by atoms with Crippen molar-refractivity contribution in [3.05, 3.63) is 56.8 Å². The summed E-state index contributed by atoms with van der Waals surface area (Å²) >= 11 is 5.15. The smallest absolute Gasteiger partial charge is 0.192 e. The van der Waals surface area contributed by atoms with E-state index in [0.717, 1.165) is 26.7 Å². The Morgan fingerprint density at radius 3 is 2.80 bits per heavy atom. The van der Waals surface area contributed by atoms with Crippen LogP contribution >= 0.6 is 27.3 Å². The Kier molecular flexibility index (Phi) is 3.76. The number of fused-ring (bicyclic) bond motifs is 1. The van der Waals surface area contributed by atoms with Gasteiger partial charge in [-0.1, -0.05) is 25.1 Å². The number of hydrogen-bond acceptors (Lipinski definition) is 2. The molecule has 0 atom stereocenters. The number of para-hydroxylation sites is 1. The van der Waals surface area contributed by atoms with E-state index in [4.69, 9.17) is 0 Å². The zero-order chi connectivity index (χ0) is 14.1. The second-order valence-electron chi connectivity index (χ2n) is 4.66. The fraction of sp³-hybridized carbons (Fsp3) is 0.188. The third-order valence-corrected chi connectivity index (χ3v) is 5.24. The molecule has 2 aromatic heterocycles. The number of Topliss-reactive ketones (excluding diaryl/α,β-unsaturated/α-hetero) is 1. The molecule has 0 radical (unpaired) electrons. The topological polar surface area (TPSA) is 22.0 Å². The minimum absolute atomic E-state index is 0.169. The first-order chi connectivity index (χ1) is 9.69. The third kappa shape index (κ3) is 2.45. The summed E-state index contributed by atoms with van der Waals surface area (Å²) < 4.78 is 3.04. The number of halogens is 1. The number of nitrogens with zero attached hydrogens (tertiary/aromatic N) is 1. The molecule has 0 aliphatic rings. The lowest BCUT2D eigenvalue weighted by Gasteiger charge is -2.03. The standard InChI is InChI=1S/C16H14BrNOS/c1-2-11-7-8-16(20-11)15(19)10-18-9-13(17)12-5-3-4-6-14(12)18/h3-9H,2,10H2,1H3. The van der Waals surface area contributed by atoms with Crippen molar-refractivity contribution in [2.24, 2.45) is 0 Å². The summed E-state index contributed by atoms with van der Waals surface area (Å²) in [5.41, 5.74) is 1.08. The molecular formula is C16H14BrNOS. The summed E-state index contributed by atoms with van der Waals surface area (Å²) in [6.45, 7) is 2.49. The molecule has 0 aliphatic heterocycles. The minimum atomic E-state index is 0.169. The number of ketones is 1. The van der Waals surface area contributed by atoms with Crippen LogP contribution in [0.3, 0.4) is 0 Å². The van der Waals surface area contributed by atoms with Crippen LogP contribution in [0.4, 0.5) is 0 Å². The van der Waals surface area contributed by atoms with Crippen LogP contribution in [0, 0.1) is 0 Å². The van der Waals surface area contributed by atoms with E-state index in [9.17, 15) is 4.79 Å². The highest BCUT2D eigenvalue weighted by molar-refractivity contribution is 9.10. The summed E-state index contributed by atoms with van der Waals surface area (Å²) in [5.74, 6) is 0.169. The van der Waals surface area contributed by atoms with Crippen LogP contribution in [-0.2, 0) is 13.0 Å². The van der Waals surface area contributed by atoms with Crippen molar-refractivity contribution in [2.45, 2.75) is 19.9 Å². The molecule has 0 fully saturated rings. The van der Waals surface area contributed by atoms with E-state index >= 15 is 0 Å². The summed E-state index contributed by atoms with van der Waals surface area (Å²) in [7, 11) is 0. The van der Waals surface area contributed by atoms with Crippen molar-refractivity contribution in [2.75, 3.05) is 0 Å². The van der Waals surface area contributed by atoms with Gasteiger partial charge in [0.05, 0.1) is 11.4 Å². The van der Waals surface area contributed by atoms with E-state index in [2.05, 4.69) is 28.9 Å². The zero-order valence-electron chi connectivity index (χ0n) is 11.1. The average Bonchev–Trinajstić information content (AvgIpc) is 3.05. The van der Waals surface area contributed by atoms with E-state index in [1.165, 1.54) is 4.88 Å². The predicted octanol–water partition coefficient (Wildman–Crippen LogP) is 4.91. The Morgan fingerprint density at radius 1 is 1.25 bits per heavy atom. The molecule has 0 amide bonds. The first-order valence-electron chi connectivity index (χ1n) is 6.54. The third-order valence-electron chi connectivity index (χ3n) is 3.34. The molecule has 1 aromatic carbocycles. The minimum Gasteiger partial charge on any atom is -0.338 e. The highest BCUT2D eigenvalue weighted by atomic mass is 79.9. The Bertz CT molecular complexity index is 772. The van der Waals surface area contributed by atoms with E-state index in [0.29, 0.717) is 6.54 Å². The zero-order valence-corrected chi connectivity index (χ0v) is 13.5. The van der Waals surface area contributed by atoms with E-state index in [1.54, 1.807) is 11.3 Å². The molecule has 2 nitrogen and oxygen atoms in total. The lowest BCUT2D eigenvalue weighted by molar-refractivity contribution is 0.0977. The molecular weight excluding hydrogens is 334 g/mol. The van der Waals surface area contributed by atoms with Crippen molar-refractivity contribution in [1.29, 1.82) is 0 Å². The highest BCUT2D eigenvalue weighted by Gasteiger charge is 2.12. The lowest BCUT2D eigenvalue weighted by atomic mass is 10.2. The van der Waals surface area contributed by atoms with Crippen molar-refractivity contribution in [3.8, 4) is 0 Å². The van der Waals surface area contributed by atoms with Gasteiger partial charge in [0.25, 0.3) is 0 Å². The van der Waals surface area contributed by atoms with Gasteiger partial charge in [-0.05, 0) is 40.5 Å². The normalized spacial score (nSPS) is 11.1. The SMILES string of the molecule is CCc1ccc(C(=O)Cn2cc(Br)c3ccccc32)s1. The lowest BCUT2D eigenvalue weighted by Crippen LogP contribution is -2.07. The van der Waals surface area contributed by atoms with Gasteiger partial charge in [-0.2, -0.15) is 0 Å². The first-order valence-corrected chi connectivity index (χ1v) is 8.15. The summed E-state index contributed by atoms with van der Waals surface area (Å²) in [4.78, 5) is 14.5. The molecule has 4 heteroatoms. The second kappa shape index (κ2) is 5.54. The van der Waals surface area contributed by atoms with Crippen molar-refractivity contribution >= 4 is 44.0 Å². The second-order valence-corrected chi connectivity index (χ2v) is 6.69. The molecule has 3 rings (SSSR count). The molecule has 2 heterocycles.